The summed E-state index contributed by atoms with van der Waals surface area (Å²) in [6.45, 7) is 1.46. The Bertz CT molecular complexity index is 469. The first kappa shape index (κ1) is 16.6. The van der Waals surface area contributed by atoms with Gasteiger partial charge in [-0.1, -0.05) is 60.7 Å². The topological polar surface area (TPSA) is 64.7 Å². The van der Waals surface area contributed by atoms with Crippen LogP contribution in [0.3, 0.4) is 0 Å². The quantitative estimate of drug-likeness (QED) is 0.744. The molecule has 4 heteroatoms. The molecule has 2 aromatic rings. The zero-order valence-corrected chi connectivity index (χ0v) is 12.6. The maximum absolute atomic E-state index is 9.96. The van der Waals surface area contributed by atoms with Crippen LogP contribution in [-0.2, 0) is 22.7 Å². The molecule has 0 aliphatic heterocycles. The molecule has 0 unspecified atom stereocenters. The smallest absolute Gasteiger partial charge is 0.0946 e. The fraction of sp³-hybridized carbons (Fsp3) is 0.333. The van der Waals surface area contributed by atoms with Crippen molar-refractivity contribution < 1.29 is 14.6 Å². The molecule has 0 aliphatic carbocycles. The number of nitrogens with two attached hydrogens (primary N) is 1. The van der Waals surface area contributed by atoms with Crippen LogP contribution < -0.4 is 5.73 Å². The first-order valence-corrected chi connectivity index (χ1v) is 7.42. The van der Waals surface area contributed by atoms with E-state index in [0.29, 0.717) is 19.8 Å². The van der Waals surface area contributed by atoms with Gasteiger partial charge in [0.15, 0.2) is 0 Å². The zero-order valence-electron chi connectivity index (χ0n) is 12.6. The molecular weight excluding hydrogens is 278 g/mol. The average Bonchev–Trinajstić information content (AvgIpc) is 2.56. The lowest BCUT2D eigenvalue weighted by atomic mass is 10.2. The van der Waals surface area contributed by atoms with E-state index < -0.39 is 12.1 Å². The number of rotatable bonds is 9. The van der Waals surface area contributed by atoms with E-state index in [1.807, 2.05) is 60.7 Å². The van der Waals surface area contributed by atoms with Gasteiger partial charge >= 0.3 is 0 Å². The van der Waals surface area contributed by atoms with E-state index in [9.17, 15) is 5.11 Å². The summed E-state index contributed by atoms with van der Waals surface area (Å²) in [7, 11) is 0. The average molecular weight is 301 g/mol. The Labute approximate surface area is 131 Å². The SMILES string of the molecule is N[C@H](COCc1ccccc1)[C@H](O)COCc1ccccc1. The molecule has 2 rings (SSSR count). The summed E-state index contributed by atoms with van der Waals surface area (Å²) in [6.07, 6.45) is -0.737. The van der Waals surface area contributed by atoms with Crippen molar-refractivity contribution in [3.05, 3.63) is 71.8 Å². The molecule has 2 aromatic carbocycles. The van der Waals surface area contributed by atoms with Crippen LogP contribution in [0, 0.1) is 0 Å². The minimum atomic E-state index is -0.737. The van der Waals surface area contributed by atoms with Gasteiger partial charge in [0, 0.05) is 0 Å². The van der Waals surface area contributed by atoms with Crippen LogP contribution in [-0.4, -0.2) is 30.5 Å². The summed E-state index contributed by atoms with van der Waals surface area (Å²) in [5, 5.41) is 9.96. The van der Waals surface area contributed by atoms with Gasteiger partial charge in [0.25, 0.3) is 0 Å². The van der Waals surface area contributed by atoms with Gasteiger partial charge in [-0.25, -0.2) is 0 Å². The molecule has 0 aromatic heterocycles. The Kier molecular flexibility index (Phi) is 7.06. The molecule has 0 fully saturated rings. The summed E-state index contributed by atoms with van der Waals surface area (Å²) in [6, 6.07) is 19.2. The van der Waals surface area contributed by atoms with Gasteiger partial charge in [0.05, 0.1) is 38.6 Å². The van der Waals surface area contributed by atoms with Crippen LogP contribution in [0.15, 0.2) is 60.7 Å². The standard InChI is InChI=1S/C18H23NO3/c19-17(13-21-11-15-7-3-1-4-8-15)18(20)14-22-12-16-9-5-2-6-10-16/h1-10,17-18,20H,11-14,19H2/t17-,18-/m1/s1. The van der Waals surface area contributed by atoms with Gasteiger partial charge in [-0.2, -0.15) is 0 Å². The van der Waals surface area contributed by atoms with E-state index in [4.69, 9.17) is 15.2 Å². The van der Waals surface area contributed by atoms with Crippen molar-refractivity contribution in [2.45, 2.75) is 25.4 Å². The summed E-state index contributed by atoms with van der Waals surface area (Å²) >= 11 is 0. The highest BCUT2D eigenvalue weighted by atomic mass is 16.5. The Hall–Kier alpha value is -1.72. The zero-order chi connectivity index (χ0) is 15.6. The summed E-state index contributed by atoms with van der Waals surface area (Å²) in [5.74, 6) is 0. The summed E-state index contributed by atoms with van der Waals surface area (Å²) < 4.78 is 11.0. The van der Waals surface area contributed by atoms with Gasteiger partial charge in [0.1, 0.15) is 0 Å². The molecule has 0 amide bonds. The van der Waals surface area contributed by atoms with E-state index >= 15 is 0 Å². The van der Waals surface area contributed by atoms with Gasteiger partial charge in [-0.15, -0.1) is 0 Å². The molecular formula is C18H23NO3. The molecule has 22 heavy (non-hydrogen) atoms. The minimum Gasteiger partial charge on any atom is -0.389 e. The van der Waals surface area contributed by atoms with Crippen LogP contribution in [0.25, 0.3) is 0 Å². The molecule has 0 spiro atoms. The number of aliphatic hydroxyl groups is 1. The molecule has 0 saturated carbocycles. The van der Waals surface area contributed by atoms with Gasteiger partial charge < -0.3 is 20.3 Å². The predicted molar refractivity (Wildman–Crippen MR) is 86.2 cm³/mol. The van der Waals surface area contributed by atoms with E-state index in [0.717, 1.165) is 11.1 Å². The molecule has 0 heterocycles. The van der Waals surface area contributed by atoms with Gasteiger partial charge in [0.2, 0.25) is 0 Å². The third-order valence-electron chi connectivity index (χ3n) is 3.32. The molecule has 118 valence electrons. The second-order valence-corrected chi connectivity index (χ2v) is 5.23. The van der Waals surface area contributed by atoms with Crippen LogP contribution in [0.4, 0.5) is 0 Å². The van der Waals surface area contributed by atoms with Crippen molar-refractivity contribution in [3.8, 4) is 0 Å². The van der Waals surface area contributed by atoms with Crippen LogP contribution in [0.2, 0.25) is 0 Å². The molecule has 0 aliphatic rings. The molecule has 2 atom stereocenters. The summed E-state index contributed by atoms with van der Waals surface area (Å²) in [5.41, 5.74) is 8.07. The predicted octanol–water partition coefficient (Wildman–Crippen LogP) is 2.11. The minimum absolute atomic E-state index is 0.199. The fourth-order valence-electron chi connectivity index (χ4n) is 1.99. The van der Waals surface area contributed by atoms with Crippen LogP contribution in [0.5, 0.6) is 0 Å². The molecule has 0 radical (unpaired) electrons. The lowest BCUT2D eigenvalue weighted by molar-refractivity contribution is -0.00710. The van der Waals surface area contributed by atoms with E-state index in [2.05, 4.69) is 0 Å². The maximum atomic E-state index is 9.96. The highest BCUT2D eigenvalue weighted by molar-refractivity contribution is 5.14. The lowest BCUT2D eigenvalue weighted by Crippen LogP contribution is -2.41. The monoisotopic (exact) mass is 301 g/mol. The number of benzene rings is 2. The Morgan fingerprint density at radius 1 is 0.773 bits per heavy atom. The Balaban J connectivity index is 1.61. The van der Waals surface area contributed by atoms with E-state index in [1.54, 1.807) is 0 Å². The van der Waals surface area contributed by atoms with Crippen molar-refractivity contribution in [2.24, 2.45) is 5.73 Å². The first-order valence-electron chi connectivity index (χ1n) is 7.42. The molecule has 0 saturated heterocycles. The lowest BCUT2D eigenvalue weighted by Gasteiger charge is -2.19. The fourth-order valence-corrected chi connectivity index (χ4v) is 1.99. The Morgan fingerprint density at radius 2 is 1.23 bits per heavy atom. The highest BCUT2D eigenvalue weighted by Gasteiger charge is 2.15. The van der Waals surface area contributed by atoms with Crippen LogP contribution in [0.1, 0.15) is 11.1 Å². The van der Waals surface area contributed by atoms with E-state index in [1.165, 1.54) is 0 Å². The number of ether oxygens (including phenoxy) is 2. The molecule has 3 N–H and O–H groups in total. The van der Waals surface area contributed by atoms with E-state index in [-0.39, 0.29) is 6.61 Å². The first-order chi connectivity index (χ1) is 10.8. The molecule has 0 bridgehead atoms. The van der Waals surface area contributed by atoms with Gasteiger partial charge in [-0.3, -0.25) is 0 Å². The third kappa shape index (κ3) is 5.95. The number of aliphatic hydroxyl groups excluding tert-OH is 1. The second-order valence-electron chi connectivity index (χ2n) is 5.23. The normalized spacial score (nSPS) is 13.7. The Morgan fingerprint density at radius 3 is 1.73 bits per heavy atom. The van der Waals surface area contributed by atoms with Crippen molar-refractivity contribution in [2.75, 3.05) is 13.2 Å². The summed E-state index contributed by atoms with van der Waals surface area (Å²) in [4.78, 5) is 0. The van der Waals surface area contributed by atoms with Crippen molar-refractivity contribution in [3.63, 3.8) is 0 Å². The molecule has 4 nitrogen and oxygen atoms in total. The largest absolute Gasteiger partial charge is 0.389 e. The van der Waals surface area contributed by atoms with Crippen molar-refractivity contribution >= 4 is 0 Å². The second kappa shape index (κ2) is 9.33. The van der Waals surface area contributed by atoms with Gasteiger partial charge in [-0.05, 0) is 11.1 Å². The third-order valence-corrected chi connectivity index (χ3v) is 3.32. The number of hydrogen-bond donors (Lipinski definition) is 2. The maximum Gasteiger partial charge on any atom is 0.0946 e. The number of hydrogen-bond acceptors (Lipinski definition) is 4. The highest BCUT2D eigenvalue weighted by Crippen LogP contribution is 2.04. The van der Waals surface area contributed by atoms with Crippen molar-refractivity contribution in [1.29, 1.82) is 0 Å². The van der Waals surface area contributed by atoms with Crippen LogP contribution >= 0.6 is 0 Å². The van der Waals surface area contributed by atoms with Crippen molar-refractivity contribution in [1.82, 2.24) is 0 Å².